The third kappa shape index (κ3) is 49.5. The van der Waals surface area contributed by atoms with E-state index < -0.39 is 0 Å². The van der Waals surface area contributed by atoms with E-state index in [1.807, 2.05) is 13.8 Å². The summed E-state index contributed by atoms with van der Waals surface area (Å²) >= 11 is 5.22. The minimum Gasteiger partial charge on any atom is -0.516 e. The maximum atomic E-state index is 7.96. The second-order valence-corrected chi connectivity index (χ2v) is 2.45. The van der Waals surface area contributed by atoms with E-state index in [-0.39, 0.29) is 0 Å². The molecule has 0 spiro atoms. The number of aliphatic hydroxyl groups is 1. The summed E-state index contributed by atoms with van der Waals surface area (Å²) in [6.07, 6.45) is 3.35. The fourth-order valence-corrected chi connectivity index (χ4v) is 0.264. The lowest BCUT2D eigenvalue weighted by Gasteiger charge is -1.74. The first-order chi connectivity index (χ1) is 4.65. The van der Waals surface area contributed by atoms with Crippen LogP contribution in [0.2, 0.25) is 0 Å². The van der Waals surface area contributed by atoms with Crippen LogP contribution in [0.1, 0.15) is 20.3 Å². The van der Waals surface area contributed by atoms with Gasteiger partial charge in [0.05, 0.1) is 6.26 Å². The second-order valence-electron chi connectivity index (χ2n) is 2.07. The first kappa shape index (κ1) is 12.3. The molecule has 1 N–H and O–H groups in total. The Morgan fingerprint density at radius 2 is 2.00 bits per heavy atom. The van der Waals surface area contributed by atoms with Crippen molar-refractivity contribution in [2.45, 2.75) is 20.3 Å². The van der Waals surface area contributed by atoms with Crippen LogP contribution in [0.25, 0.3) is 0 Å². The number of rotatable bonds is 2. The average Bonchev–Trinajstić information content (AvgIpc) is 1.82. The summed E-state index contributed by atoms with van der Waals surface area (Å²) in [6, 6.07) is 0. The van der Waals surface area contributed by atoms with Gasteiger partial charge in [-0.05, 0) is 26.3 Å². The van der Waals surface area contributed by atoms with Crippen LogP contribution < -0.4 is 0 Å². The van der Waals surface area contributed by atoms with Gasteiger partial charge in [-0.3, -0.25) is 0 Å². The lowest BCUT2D eigenvalue weighted by Crippen LogP contribution is -1.63. The van der Waals surface area contributed by atoms with Gasteiger partial charge in [0.1, 0.15) is 0 Å². The predicted octanol–water partition coefficient (Wildman–Crippen LogP) is 3.27. The monoisotopic (exact) mass is 162 g/mol. The maximum Gasteiger partial charge on any atom is 0.0752 e. The molecule has 0 rings (SSSR count). The molecular weight excluding hydrogens is 148 g/mol. The van der Waals surface area contributed by atoms with Gasteiger partial charge in [-0.25, -0.2) is 0 Å². The van der Waals surface area contributed by atoms with E-state index >= 15 is 0 Å². The summed E-state index contributed by atoms with van der Waals surface area (Å²) in [4.78, 5) is 0. The number of halogens is 1. The lowest BCUT2D eigenvalue weighted by molar-refractivity contribution is 0.471. The van der Waals surface area contributed by atoms with E-state index in [0.717, 1.165) is 12.7 Å². The number of aliphatic hydroxyl groups excluding tert-OH is 1. The highest BCUT2D eigenvalue weighted by atomic mass is 35.5. The van der Waals surface area contributed by atoms with E-state index in [1.165, 1.54) is 5.57 Å². The Labute approximate surface area is 68.0 Å². The lowest BCUT2D eigenvalue weighted by atomic mass is 10.4. The SMILES string of the molecule is C=C(C)C.OC=CCCCl. The van der Waals surface area contributed by atoms with E-state index in [4.69, 9.17) is 16.7 Å². The maximum absolute atomic E-state index is 7.96. The Hall–Kier alpha value is -0.430. The third-order valence-electron chi connectivity index (χ3n) is 0.381. The van der Waals surface area contributed by atoms with Gasteiger partial charge in [-0.2, -0.15) is 0 Å². The molecule has 0 aliphatic rings. The molecule has 0 aliphatic heterocycles. The van der Waals surface area contributed by atoms with Gasteiger partial charge in [-0.15, -0.1) is 18.2 Å². The topological polar surface area (TPSA) is 20.2 Å². The van der Waals surface area contributed by atoms with Crippen LogP contribution in [0.5, 0.6) is 0 Å². The molecule has 0 aromatic carbocycles. The molecule has 0 saturated carbocycles. The minimum atomic E-state index is 0.580. The van der Waals surface area contributed by atoms with Gasteiger partial charge in [0.25, 0.3) is 0 Å². The van der Waals surface area contributed by atoms with Crippen molar-refractivity contribution >= 4 is 11.6 Å². The van der Waals surface area contributed by atoms with Crippen molar-refractivity contribution in [3.05, 3.63) is 24.5 Å². The van der Waals surface area contributed by atoms with Crippen LogP contribution in [-0.2, 0) is 0 Å². The number of hydrogen-bond donors (Lipinski definition) is 1. The van der Waals surface area contributed by atoms with Crippen LogP contribution in [0.15, 0.2) is 24.5 Å². The Kier molecular flexibility index (Phi) is 14.0. The zero-order chi connectivity index (χ0) is 8.41. The third-order valence-corrected chi connectivity index (χ3v) is 0.599. The molecule has 0 heterocycles. The molecule has 0 atom stereocenters. The molecule has 0 radical (unpaired) electrons. The summed E-state index contributed by atoms with van der Waals surface area (Å²) in [6.45, 7) is 7.50. The molecule has 0 aromatic heterocycles. The summed E-state index contributed by atoms with van der Waals surface area (Å²) < 4.78 is 0. The zero-order valence-electron chi connectivity index (χ0n) is 6.60. The first-order valence-corrected chi connectivity index (χ1v) is 3.66. The summed E-state index contributed by atoms with van der Waals surface area (Å²) in [5.41, 5.74) is 1.17. The van der Waals surface area contributed by atoms with Crippen molar-refractivity contribution in [1.82, 2.24) is 0 Å². The van der Waals surface area contributed by atoms with Crippen LogP contribution in [0.3, 0.4) is 0 Å². The molecule has 0 amide bonds. The number of hydrogen-bond acceptors (Lipinski definition) is 1. The normalized spacial score (nSPS) is 8.70. The van der Waals surface area contributed by atoms with E-state index in [0.29, 0.717) is 5.88 Å². The van der Waals surface area contributed by atoms with Crippen molar-refractivity contribution in [2.75, 3.05) is 5.88 Å². The average molecular weight is 163 g/mol. The minimum absolute atomic E-state index is 0.580. The van der Waals surface area contributed by atoms with E-state index in [1.54, 1.807) is 6.08 Å². The zero-order valence-corrected chi connectivity index (χ0v) is 7.36. The smallest absolute Gasteiger partial charge is 0.0752 e. The largest absolute Gasteiger partial charge is 0.516 e. The molecule has 2 heteroatoms. The molecule has 0 fully saturated rings. The van der Waals surface area contributed by atoms with E-state index in [9.17, 15) is 0 Å². The van der Waals surface area contributed by atoms with Gasteiger partial charge in [0.2, 0.25) is 0 Å². The van der Waals surface area contributed by atoms with Crippen molar-refractivity contribution in [3.8, 4) is 0 Å². The fourth-order valence-electron chi connectivity index (χ4n) is 0.138. The molecule has 0 aromatic rings. The van der Waals surface area contributed by atoms with E-state index in [2.05, 4.69) is 6.58 Å². The molecule has 10 heavy (non-hydrogen) atoms. The van der Waals surface area contributed by atoms with Gasteiger partial charge in [0.15, 0.2) is 0 Å². The van der Waals surface area contributed by atoms with Crippen LogP contribution in [-0.4, -0.2) is 11.0 Å². The standard InChI is InChI=1S/C4H7ClO.C4H8/c5-3-1-2-4-6;1-4(2)3/h2,4,6H,1,3H2;1H2,2-3H3. The number of allylic oxidation sites excluding steroid dienone is 2. The number of alkyl halides is 1. The Bertz CT molecular complexity index is 93.4. The molecule has 0 unspecified atom stereocenters. The molecular formula is C8H15ClO. The summed E-state index contributed by atoms with van der Waals surface area (Å²) in [5, 5.41) is 7.96. The van der Waals surface area contributed by atoms with Crippen molar-refractivity contribution in [3.63, 3.8) is 0 Å². The molecule has 60 valence electrons. The van der Waals surface area contributed by atoms with Crippen molar-refractivity contribution in [1.29, 1.82) is 0 Å². The van der Waals surface area contributed by atoms with Gasteiger partial charge in [-0.1, -0.05) is 5.57 Å². The highest BCUT2D eigenvalue weighted by Crippen LogP contribution is 1.82. The fraction of sp³-hybridized carbons (Fsp3) is 0.500. The van der Waals surface area contributed by atoms with Crippen LogP contribution in [0.4, 0.5) is 0 Å². The molecule has 1 nitrogen and oxygen atoms in total. The molecule has 0 saturated heterocycles. The van der Waals surface area contributed by atoms with Crippen LogP contribution >= 0.6 is 11.6 Å². The second kappa shape index (κ2) is 11.4. The highest BCUT2D eigenvalue weighted by molar-refractivity contribution is 6.17. The van der Waals surface area contributed by atoms with Crippen molar-refractivity contribution < 1.29 is 5.11 Å². The molecule has 0 aliphatic carbocycles. The van der Waals surface area contributed by atoms with Gasteiger partial charge in [0, 0.05) is 5.88 Å². The summed E-state index contributed by atoms with van der Waals surface area (Å²) in [7, 11) is 0. The first-order valence-electron chi connectivity index (χ1n) is 3.12. The van der Waals surface area contributed by atoms with Gasteiger partial charge < -0.3 is 5.11 Å². The van der Waals surface area contributed by atoms with Gasteiger partial charge >= 0.3 is 0 Å². The Balaban J connectivity index is 0. The Morgan fingerprint density at radius 1 is 1.60 bits per heavy atom. The van der Waals surface area contributed by atoms with Crippen molar-refractivity contribution in [2.24, 2.45) is 0 Å². The summed E-state index contributed by atoms with van der Waals surface area (Å²) in [5.74, 6) is 0.580. The van der Waals surface area contributed by atoms with Crippen LogP contribution in [0, 0.1) is 0 Å². The Morgan fingerprint density at radius 3 is 2.10 bits per heavy atom. The highest BCUT2D eigenvalue weighted by Gasteiger charge is 1.68. The predicted molar refractivity (Wildman–Crippen MR) is 47.6 cm³/mol. The molecule has 0 bridgehead atoms. The quantitative estimate of drug-likeness (QED) is 0.376.